The number of nitrogen functional groups attached to an aromatic ring is 1. The van der Waals surface area contributed by atoms with Crippen molar-refractivity contribution in [3.05, 3.63) is 135 Å². The number of nitrogens with zero attached hydrogens (tertiary/aromatic N) is 4. The molecular weight excluding hydrogens is 921 g/mol. The molecule has 21 heteroatoms. The molecule has 7 N–H and O–H groups in total. The molecule has 1 unspecified atom stereocenters. The Labute approximate surface area is 402 Å². The van der Waals surface area contributed by atoms with Gasteiger partial charge in [0, 0.05) is 54.2 Å². The number of aryl methyl sites for hydroxylation is 3. The number of carbonyl (C=O) groups is 4. The van der Waals surface area contributed by atoms with Crippen molar-refractivity contribution in [2.75, 3.05) is 43.1 Å². The van der Waals surface area contributed by atoms with Gasteiger partial charge in [0.05, 0.1) is 58.1 Å². The molecule has 0 fully saturated rings. The molecule has 20 nitrogen and oxygen atoms in total. The third-order valence-corrected chi connectivity index (χ3v) is 12.0. The van der Waals surface area contributed by atoms with E-state index in [9.17, 15) is 36.9 Å². The number of fused-ring (bicyclic) bond motifs is 3. The molecule has 364 valence electrons. The third-order valence-electron chi connectivity index (χ3n) is 11.2. The number of nitrogens with two attached hydrogens (primary N) is 1. The van der Waals surface area contributed by atoms with Crippen molar-refractivity contribution >= 4 is 78.4 Å². The van der Waals surface area contributed by atoms with Crippen LogP contribution in [0.2, 0.25) is 0 Å². The Bertz CT molecular complexity index is 3210. The number of ether oxygens (including phenoxy) is 2. The summed E-state index contributed by atoms with van der Waals surface area (Å²) in [5.74, 6) is -2.29. The smallest absolute Gasteiger partial charge is 0.345 e. The van der Waals surface area contributed by atoms with Gasteiger partial charge in [0.2, 0.25) is 22.9 Å². The Kier molecular flexibility index (Phi) is 15.7. The first-order valence-corrected chi connectivity index (χ1v) is 23.9. The summed E-state index contributed by atoms with van der Waals surface area (Å²) >= 11 is 0. The molecule has 7 rings (SSSR count). The molecule has 0 saturated carbocycles. The van der Waals surface area contributed by atoms with Crippen LogP contribution in [-0.2, 0) is 32.7 Å². The van der Waals surface area contributed by atoms with E-state index in [0.29, 0.717) is 66.8 Å². The van der Waals surface area contributed by atoms with Gasteiger partial charge in [-0.05, 0) is 79.4 Å². The Morgan fingerprint density at radius 1 is 0.843 bits per heavy atom. The monoisotopic (exact) mass is 972 g/mol. The number of hydrogen-bond donors (Lipinski definition) is 6. The number of anilines is 2. The lowest BCUT2D eigenvalue weighted by Crippen LogP contribution is -2.50. The molecule has 3 heterocycles. The molecule has 0 bridgehead atoms. The van der Waals surface area contributed by atoms with E-state index >= 15 is 0 Å². The molecule has 3 aromatic heterocycles. The maximum absolute atomic E-state index is 14.1. The number of benzene rings is 4. The number of aromatic nitrogens is 5. The Morgan fingerprint density at radius 3 is 2.10 bits per heavy atom. The first kappa shape index (κ1) is 50.0. The highest BCUT2D eigenvalue weighted by Gasteiger charge is 2.27. The van der Waals surface area contributed by atoms with Gasteiger partial charge >= 0.3 is 5.97 Å². The minimum absolute atomic E-state index is 0.0506. The SMILES string of the molecule is Cc1cc(C(=O)NCCOCCNC(=O)C(NC(=O)c2ccc(NCc3cnc4nc(N)[nH]c(=O)c4n3)cc2)C(C)C)cc(C)c1OC(=O)c1c2ccccc2[n+](CCCS(=O)(=O)[O-])c2ccccc12. The highest BCUT2D eigenvalue weighted by molar-refractivity contribution is 7.85. The van der Waals surface area contributed by atoms with E-state index in [1.807, 2.05) is 42.7 Å². The van der Waals surface area contributed by atoms with Crippen molar-refractivity contribution < 1.29 is 46.2 Å². The highest BCUT2D eigenvalue weighted by atomic mass is 32.2. The topological polar surface area (TPSA) is 293 Å². The van der Waals surface area contributed by atoms with Crippen LogP contribution in [0.5, 0.6) is 5.75 Å². The fraction of sp³-hybridized carbons (Fsp3) is 0.286. The molecule has 3 amide bonds. The van der Waals surface area contributed by atoms with E-state index in [-0.39, 0.29) is 80.7 Å². The quantitative estimate of drug-likeness (QED) is 0.0159. The van der Waals surface area contributed by atoms with Crippen LogP contribution < -0.4 is 41.9 Å². The molecule has 4 aromatic carbocycles. The largest absolute Gasteiger partial charge is 0.748 e. The van der Waals surface area contributed by atoms with E-state index < -0.39 is 39.3 Å². The van der Waals surface area contributed by atoms with E-state index in [1.54, 1.807) is 74.5 Å². The fourth-order valence-electron chi connectivity index (χ4n) is 7.91. The van der Waals surface area contributed by atoms with Crippen molar-refractivity contribution in [2.45, 2.75) is 53.2 Å². The zero-order chi connectivity index (χ0) is 50.1. The van der Waals surface area contributed by atoms with Crippen LogP contribution in [-0.4, -0.2) is 94.7 Å². The zero-order valence-electron chi connectivity index (χ0n) is 38.8. The summed E-state index contributed by atoms with van der Waals surface area (Å²) in [5.41, 5.74) is 9.91. The Balaban J connectivity index is 0.859. The number of aromatic amines is 1. The maximum Gasteiger partial charge on any atom is 0.345 e. The van der Waals surface area contributed by atoms with Gasteiger partial charge in [0.1, 0.15) is 11.8 Å². The van der Waals surface area contributed by atoms with Crippen LogP contribution >= 0.6 is 0 Å². The van der Waals surface area contributed by atoms with Gasteiger partial charge in [-0.3, -0.25) is 24.2 Å². The Morgan fingerprint density at radius 2 is 1.47 bits per heavy atom. The Hall–Kier alpha value is -7.88. The van der Waals surface area contributed by atoms with Gasteiger partial charge in [-0.25, -0.2) is 23.2 Å². The van der Waals surface area contributed by atoms with Crippen molar-refractivity contribution in [1.82, 2.24) is 35.9 Å². The molecule has 1 atom stereocenters. The third kappa shape index (κ3) is 12.2. The molecule has 0 aliphatic carbocycles. The van der Waals surface area contributed by atoms with E-state index in [1.165, 1.54) is 6.20 Å². The van der Waals surface area contributed by atoms with E-state index in [0.717, 1.165) is 0 Å². The number of hydrogen-bond acceptors (Lipinski definition) is 15. The summed E-state index contributed by atoms with van der Waals surface area (Å²) in [7, 11) is -4.41. The number of carbonyl (C=O) groups excluding carboxylic acids is 4. The predicted octanol–water partition coefficient (Wildman–Crippen LogP) is 3.59. The van der Waals surface area contributed by atoms with Crippen LogP contribution in [0.25, 0.3) is 33.0 Å². The van der Waals surface area contributed by atoms with Crippen LogP contribution in [0.4, 0.5) is 11.6 Å². The van der Waals surface area contributed by atoms with Gasteiger partial charge in [0.15, 0.2) is 17.7 Å². The molecule has 70 heavy (non-hydrogen) atoms. The molecule has 0 aliphatic rings. The maximum atomic E-state index is 14.1. The average Bonchev–Trinajstić information content (AvgIpc) is 3.32. The van der Waals surface area contributed by atoms with Crippen molar-refractivity contribution in [1.29, 1.82) is 0 Å². The highest BCUT2D eigenvalue weighted by Crippen LogP contribution is 2.30. The van der Waals surface area contributed by atoms with Crippen LogP contribution in [0.3, 0.4) is 0 Å². The molecular formula is C49H52N10O10S. The second kappa shape index (κ2) is 22.0. The molecule has 0 radical (unpaired) electrons. The number of H-pyrrole nitrogens is 1. The van der Waals surface area contributed by atoms with E-state index in [4.69, 9.17) is 15.2 Å². The lowest BCUT2D eigenvalue weighted by molar-refractivity contribution is -0.645. The predicted molar refractivity (Wildman–Crippen MR) is 260 cm³/mol. The van der Waals surface area contributed by atoms with Gasteiger partial charge in [-0.1, -0.05) is 38.1 Å². The second-order valence-electron chi connectivity index (χ2n) is 16.8. The minimum atomic E-state index is -4.41. The van der Waals surface area contributed by atoms with Gasteiger partial charge in [-0.15, -0.1) is 0 Å². The summed E-state index contributed by atoms with van der Waals surface area (Å²) in [6.07, 6.45) is 1.58. The summed E-state index contributed by atoms with van der Waals surface area (Å²) in [5, 5.41) is 12.8. The van der Waals surface area contributed by atoms with E-state index in [2.05, 4.69) is 41.2 Å². The summed E-state index contributed by atoms with van der Waals surface area (Å²) in [4.78, 5) is 80.5. The van der Waals surface area contributed by atoms with Gasteiger partial charge < -0.3 is 41.0 Å². The van der Waals surface area contributed by atoms with Gasteiger partial charge in [0.25, 0.3) is 17.4 Å². The average molecular weight is 973 g/mol. The second-order valence-corrected chi connectivity index (χ2v) is 18.3. The molecule has 0 spiro atoms. The molecule has 7 aromatic rings. The first-order valence-electron chi connectivity index (χ1n) is 22.4. The number of nitrogens with one attached hydrogen (secondary N) is 5. The van der Waals surface area contributed by atoms with Crippen molar-refractivity contribution in [3.63, 3.8) is 0 Å². The molecule has 0 aliphatic heterocycles. The summed E-state index contributed by atoms with van der Waals surface area (Å²) in [6.45, 7) is 8.24. The lowest BCUT2D eigenvalue weighted by atomic mass is 10.0. The number of rotatable bonds is 20. The normalized spacial score (nSPS) is 12.0. The molecule has 0 saturated heterocycles. The number of para-hydroxylation sites is 2. The number of esters is 1. The number of amides is 3. The lowest BCUT2D eigenvalue weighted by Gasteiger charge is -2.22. The standard InChI is InChI=1S/C49H52N10O10S/c1-28(2)40(56-45(61)31-14-16-33(17-15-31)53-26-34-27-54-43-41(55-34)47(63)58-49(50)57-43)46(62)52-19-22-68-21-18-51-44(60)32-24-29(3)42(30(4)25-32)69-48(64)39-35-10-5-7-12-37(35)59(20-9-23-70(65,66)67)38-13-8-6-11-36(38)39/h5-8,10-17,24-25,27-28,40H,9,18-23,26H2,1-4H3,(H7-,50,51,52,53,54,56,57,58,60,61,62,63,65,66,67). The van der Waals surface area contributed by atoms with Gasteiger partial charge in [-0.2, -0.15) is 9.55 Å². The fourth-order valence-corrected chi connectivity index (χ4v) is 8.39. The zero-order valence-corrected chi connectivity index (χ0v) is 39.6. The minimum Gasteiger partial charge on any atom is -0.748 e. The van der Waals surface area contributed by atoms with Crippen LogP contribution in [0.15, 0.2) is 95.9 Å². The number of pyridine rings is 1. The van der Waals surface area contributed by atoms with Crippen LogP contribution in [0.1, 0.15) is 68.2 Å². The van der Waals surface area contributed by atoms with Crippen molar-refractivity contribution in [3.8, 4) is 5.75 Å². The van der Waals surface area contributed by atoms with Crippen LogP contribution in [0, 0.1) is 19.8 Å². The summed E-state index contributed by atoms with van der Waals surface area (Å²) in [6, 6.07) is 23.5. The van der Waals surface area contributed by atoms with Crippen molar-refractivity contribution in [2.24, 2.45) is 5.92 Å². The summed E-state index contributed by atoms with van der Waals surface area (Å²) < 4.78 is 47.6. The first-order chi connectivity index (χ1) is 33.5.